The molecule has 0 saturated carbocycles. The number of nitrogens with one attached hydrogen (secondary N) is 1. The SMILES string of the molecule is Cc1cc(/C=C(\C#N)C(=O)OCC(=O)NC(C)(C#N)C(C)C)c(C)n1-c1ccc(Br)cc1. The first kappa shape index (κ1) is 24.9. The van der Waals surface area contributed by atoms with Crippen molar-refractivity contribution in [3.05, 3.63) is 57.3 Å². The normalized spacial score (nSPS) is 13.1. The van der Waals surface area contributed by atoms with Crippen molar-refractivity contribution in [3.8, 4) is 17.8 Å². The fourth-order valence-corrected chi connectivity index (χ4v) is 3.31. The molecule has 166 valence electrons. The monoisotopic (exact) mass is 496 g/mol. The predicted molar refractivity (Wildman–Crippen MR) is 124 cm³/mol. The van der Waals surface area contributed by atoms with E-state index in [1.807, 2.05) is 54.8 Å². The van der Waals surface area contributed by atoms with Crippen LogP contribution in [0.3, 0.4) is 0 Å². The van der Waals surface area contributed by atoms with Crippen molar-refractivity contribution in [1.82, 2.24) is 9.88 Å². The number of rotatable bonds is 7. The number of nitriles is 2. The van der Waals surface area contributed by atoms with Crippen molar-refractivity contribution in [3.63, 3.8) is 0 Å². The Balaban J connectivity index is 2.18. The van der Waals surface area contributed by atoms with Gasteiger partial charge in [-0.1, -0.05) is 29.8 Å². The Morgan fingerprint density at radius 1 is 1.25 bits per heavy atom. The number of ether oxygens (including phenoxy) is 1. The third-order valence-corrected chi connectivity index (χ3v) is 5.84. The third-order valence-electron chi connectivity index (χ3n) is 5.32. The highest BCUT2D eigenvalue weighted by Gasteiger charge is 2.30. The highest BCUT2D eigenvalue weighted by atomic mass is 79.9. The topological polar surface area (TPSA) is 108 Å². The van der Waals surface area contributed by atoms with Crippen molar-refractivity contribution < 1.29 is 14.3 Å². The van der Waals surface area contributed by atoms with Gasteiger partial charge in [0.15, 0.2) is 6.61 Å². The van der Waals surface area contributed by atoms with Gasteiger partial charge in [-0.25, -0.2) is 4.79 Å². The maximum Gasteiger partial charge on any atom is 0.349 e. The second-order valence-electron chi connectivity index (χ2n) is 7.90. The number of hydrogen-bond donors (Lipinski definition) is 1. The quantitative estimate of drug-likeness (QED) is 0.348. The van der Waals surface area contributed by atoms with Gasteiger partial charge in [0.25, 0.3) is 5.91 Å². The standard InChI is InChI=1S/C24H25BrN4O3/c1-15(2)24(5,14-27)28-22(30)13-32-23(31)19(12-26)11-18-10-16(3)29(17(18)4)21-8-6-20(25)7-9-21/h6-11,15H,13H2,1-5H3,(H,28,30)/b19-11+. The van der Waals surface area contributed by atoms with Crippen LogP contribution in [-0.4, -0.2) is 28.6 Å². The molecular formula is C24H25BrN4O3. The van der Waals surface area contributed by atoms with E-state index in [9.17, 15) is 20.1 Å². The summed E-state index contributed by atoms with van der Waals surface area (Å²) in [6.45, 7) is 8.44. The second kappa shape index (κ2) is 10.3. The molecule has 0 aliphatic carbocycles. The van der Waals surface area contributed by atoms with Gasteiger partial charge in [0.2, 0.25) is 0 Å². The van der Waals surface area contributed by atoms with Crippen molar-refractivity contribution in [2.24, 2.45) is 5.92 Å². The molecule has 0 bridgehead atoms. The number of carbonyl (C=O) groups excluding carboxylic acids is 2. The zero-order valence-electron chi connectivity index (χ0n) is 18.7. The van der Waals surface area contributed by atoms with E-state index in [4.69, 9.17) is 4.74 Å². The first-order valence-corrected chi connectivity index (χ1v) is 10.8. The molecule has 32 heavy (non-hydrogen) atoms. The van der Waals surface area contributed by atoms with Crippen molar-refractivity contribution >= 4 is 33.9 Å². The van der Waals surface area contributed by atoms with Crippen LogP contribution < -0.4 is 5.32 Å². The van der Waals surface area contributed by atoms with Crippen LogP contribution in [-0.2, 0) is 14.3 Å². The number of benzene rings is 1. The smallest absolute Gasteiger partial charge is 0.349 e. The summed E-state index contributed by atoms with van der Waals surface area (Å²) in [4.78, 5) is 24.5. The molecule has 0 saturated heterocycles. The maximum atomic E-state index is 12.4. The first-order valence-electron chi connectivity index (χ1n) is 9.98. The number of nitrogens with zero attached hydrogens (tertiary/aromatic N) is 3. The summed E-state index contributed by atoms with van der Waals surface area (Å²) in [7, 11) is 0. The summed E-state index contributed by atoms with van der Waals surface area (Å²) in [6, 6.07) is 13.6. The summed E-state index contributed by atoms with van der Waals surface area (Å²) in [6.07, 6.45) is 1.45. The van der Waals surface area contributed by atoms with E-state index in [1.165, 1.54) is 6.08 Å². The average molecular weight is 497 g/mol. The van der Waals surface area contributed by atoms with E-state index >= 15 is 0 Å². The molecule has 0 spiro atoms. The Morgan fingerprint density at radius 2 is 1.88 bits per heavy atom. The van der Waals surface area contributed by atoms with Crippen LogP contribution in [0.4, 0.5) is 0 Å². The third kappa shape index (κ3) is 5.66. The molecule has 0 radical (unpaired) electrons. The number of carbonyl (C=O) groups is 2. The molecule has 1 unspecified atom stereocenters. The van der Waals surface area contributed by atoms with Crippen LogP contribution in [0.1, 0.15) is 37.7 Å². The summed E-state index contributed by atoms with van der Waals surface area (Å²) in [5.74, 6) is -1.65. The lowest BCUT2D eigenvalue weighted by atomic mass is 9.90. The molecule has 1 atom stereocenters. The summed E-state index contributed by atoms with van der Waals surface area (Å²) in [5, 5.41) is 21.3. The molecule has 1 amide bonds. The van der Waals surface area contributed by atoms with E-state index in [0.29, 0.717) is 5.56 Å². The molecule has 2 rings (SSSR count). The minimum absolute atomic E-state index is 0.136. The number of hydrogen-bond acceptors (Lipinski definition) is 5. The molecule has 1 N–H and O–H groups in total. The molecule has 7 nitrogen and oxygen atoms in total. The van der Waals surface area contributed by atoms with Crippen molar-refractivity contribution in [2.45, 2.75) is 40.2 Å². The highest BCUT2D eigenvalue weighted by Crippen LogP contribution is 2.24. The van der Waals surface area contributed by atoms with Crippen LogP contribution in [0.5, 0.6) is 0 Å². The zero-order chi connectivity index (χ0) is 24.1. The number of esters is 1. The zero-order valence-corrected chi connectivity index (χ0v) is 20.3. The molecular weight excluding hydrogens is 472 g/mol. The molecule has 1 heterocycles. The highest BCUT2D eigenvalue weighted by molar-refractivity contribution is 9.10. The summed E-state index contributed by atoms with van der Waals surface area (Å²) < 4.78 is 7.99. The predicted octanol–water partition coefficient (Wildman–Crippen LogP) is 4.36. The van der Waals surface area contributed by atoms with Crippen LogP contribution >= 0.6 is 15.9 Å². The lowest BCUT2D eigenvalue weighted by Gasteiger charge is -2.27. The molecule has 2 aromatic rings. The molecule has 1 aromatic carbocycles. The Morgan fingerprint density at radius 3 is 2.41 bits per heavy atom. The van der Waals surface area contributed by atoms with Gasteiger partial charge in [0.1, 0.15) is 17.2 Å². The molecule has 1 aromatic heterocycles. The van der Waals surface area contributed by atoms with Crippen LogP contribution in [0.25, 0.3) is 11.8 Å². The summed E-state index contributed by atoms with van der Waals surface area (Å²) in [5.41, 5.74) is 2.13. The van der Waals surface area contributed by atoms with Gasteiger partial charge in [-0.2, -0.15) is 10.5 Å². The largest absolute Gasteiger partial charge is 0.451 e. The van der Waals surface area contributed by atoms with Gasteiger partial charge in [-0.15, -0.1) is 0 Å². The summed E-state index contributed by atoms with van der Waals surface area (Å²) >= 11 is 3.42. The molecule has 0 aliphatic heterocycles. The first-order chi connectivity index (χ1) is 15.0. The maximum absolute atomic E-state index is 12.4. The van der Waals surface area contributed by atoms with Gasteiger partial charge in [0.05, 0.1) is 6.07 Å². The van der Waals surface area contributed by atoms with E-state index in [0.717, 1.165) is 21.5 Å². The average Bonchev–Trinajstić information content (AvgIpc) is 3.03. The van der Waals surface area contributed by atoms with E-state index < -0.39 is 24.0 Å². The van der Waals surface area contributed by atoms with Crippen LogP contribution in [0, 0.1) is 42.4 Å². The number of halogens is 1. The number of aromatic nitrogens is 1. The van der Waals surface area contributed by atoms with E-state index in [2.05, 4.69) is 27.3 Å². The molecule has 0 aliphatic rings. The van der Waals surface area contributed by atoms with Gasteiger partial charge < -0.3 is 14.6 Å². The minimum Gasteiger partial charge on any atom is -0.451 e. The Kier molecular flexibility index (Phi) is 8.02. The van der Waals surface area contributed by atoms with E-state index in [-0.39, 0.29) is 11.5 Å². The van der Waals surface area contributed by atoms with Crippen LogP contribution in [0.2, 0.25) is 0 Å². The lowest BCUT2D eigenvalue weighted by Crippen LogP contribution is -2.50. The van der Waals surface area contributed by atoms with Crippen molar-refractivity contribution in [1.29, 1.82) is 10.5 Å². The number of aryl methyl sites for hydroxylation is 1. The Labute approximate surface area is 196 Å². The fourth-order valence-electron chi connectivity index (χ4n) is 3.05. The minimum atomic E-state index is -1.08. The second-order valence-corrected chi connectivity index (χ2v) is 8.82. The van der Waals surface area contributed by atoms with Crippen molar-refractivity contribution in [2.75, 3.05) is 6.61 Å². The molecule has 8 heteroatoms. The molecule has 0 fully saturated rings. The number of amides is 1. The van der Waals surface area contributed by atoms with Crippen LogP contribution in [0.15, 0.2) is 40.4 Å². The van der Waals surface area contributed by atoms with E-state index in [1.54, 1.807) is 20.8 Å². The van der Waals surface area contributed by atoms with Gasteiger partial charge in [0, 0.05) is 21.5 Å². The van der Waals surface area contributed by atoms with Gasteiger partial charge in [-0.05, 0) is 68.7 Å². The van der Waals surface area contributed by atoms with Gasteiger partial charge in [-0.3, -0.25) is 4.79 Å². The Hall–Kier alpha value is -3.36. The fraction of sp³-hybridized carbons (Fsp3) is 0.333. The Bertz CT molecular complexity index is 1130. The van der Waals surface area contributed by atoms with Gasteiger partial charge >= 0.3 is 5.97 Å². The lowest BCUT2D eigenvalue weighted by molar-refractivity contribution is -0.144.